The molecule has 0 radical (unpaired) electrons. The van der Waals surface area contributed by atoms with E-state index in [0.29, 0.717) is 12.3 Å². The van der Waals surface area contributed by atoms with Gasteiger partial charge in [-0.25, -0.2) is 0 Å². The van der Waals surface area contributed by atoms with Gasteiger partial charge in [0, 0.05) is 6.20 Å². The Morgan fingerprint density at radius 3 is 2.09 bits per heavy atom. The standard InChI is InChI=1S/C12H5F6NO3/c13-11(14,15)4-1-6(12(16,17)18)8-7(2-4)19-3-5(9(8)20)10(21)22/h1-3H,(H,19,20)(H,21,22)/p-1. The first-order valence-corrected chi connectivity index (χ1v) is 5.48. The van der Waals surface area contributed by atoms with Crippen molar-refractivity contribution in [3.63, 3.8) is 0 Å². The largest absolute Gasteiger partial charge is 0.545 e. The molecule has 0 saturated heterocycles. The van der Waals surface area contributed by atoms with Crippen LogP contribution in [0.3, 0.4) is 0 Å². The molecule has 22 heavy (non-hydrogen) atoms. The Labute approximate surface area is 117 Å². The molecule has 0 amide bonds. The van der Waals surface area contributed by atoms with Crippen molar-refractivity contribution in [2.24, 2.45) is 0 Å². The van der Waals surface area contributed by atoms with Crippen LogP contribution in [0.1, 0.15) is 21.5 Å². The lowest BCUT2D eigenvalue weighted by molar-refractivity contribution is -0.255. The minimum absolute atomic E-state index is 0.239. The summed E-state index contributed by atoms with van der Waals surface area (Å²) in [6.45, 7) is 0. The third kappa shape index (κ3) is 2.63. The van der Waals surface area contributed by atoms with Gasteiger partial charge in [0.05, 0.1) is 33.6 Å². The molecule has 0 spiro atoms. The van der Waals surface area contributed by atoms with Crippen LogP contribution in [-0.4, -0.2) is 11.0 Å². The average Bonchev–Trinajstić information content (AvgIpc) is 2.35. The second-order valence-electron chi connectivity index (χ2n) is 4.26. The van der Waals surface area contributed by atoms with Gasteiger partial charge in [0.2, 0.25) is 0 Å². The predicted molar refractivity (Wildman–Crippen MR) is 58.9 cm³/mol. The van der Waals surface area contributed by atoms with Gasteiger partial charge < -0.3 is 14.9 Å². The SMILES string of the molecule is O=C([O-])c1c[nH]c2cc(C(F)(F)F)cc(C(F)(F)F)c2c1=O. The molecule has 118 valence electrons. The van der Waals surface area contributed by atoms with Crippen molar-refractivity contribution in [2.75, 3.05) is 0 Å². The van der Waals surface area contributed by atoms with Crippen LogP contribution in [-0.2, 0) is 12.4 Å². The number of aromatic amines is 1. The molecule has 0 aliphatic heterocycles. The number of hydrogen-bond acceptors (Lipinski definition) is 3. The molecule has 0 aliphatic carbocycles. The number of carboxylic acid groups (broad SMARTS) is 1. The topological polar surface area (TPSA) is 73.0 Å². The summed E-state index contributed by atoms with van der Waals surface area (Å²) in [5, 5.41) is 9.47. The fourth-order valence-corrected chi connectivity index (χ4v) is 1.89. The van der Waals surface area contributed by atoms with E-state index in [-0.39, 0.29) is 6.07 Å². The van der Waals surface area contributed by atoms with Crippen molar-refractivity contribution < 1.29 is 36.2 Å². The van der Waals surface area contributed by atoms with Crippen LogP contribution in [0, 0.1) is 0 Å². The van der Waals surface area contributed by atoms with Gasteiger partial charge in [-0.1, -0.05) is 0 Å². The molecule has 0 unspecified atom stereocenters. The van der Waals surface area contributed by atoms with Gasteiger partial charge in [-0.15, -0.1) is 0 Å². The fourth-order valence-electron chi connectivity index (χ4n) is 1.89. The number of alkyl halides is 6. The molecule has 1 heterocycles. The minimum Gasteiger partial charge on any atom is -0.545 e. The molecular formula is C12H4F6NO3-. The zero-order chi connectivity index (χ0) is 16.9. The first-order chi connectivity index (χ1) is 9.93. The lowest BCUT2D eigenvalue weighted by atomic mass is 10.0. The number of nitrogens with one attached hydrogen (secondary N) is 1. The monoisotopic (exact) mass is 324 g/mol. The Kier molecular flexibility index (Phi) is 3.42. The number of carbonyl (C=O) groups is 1. The number of H-pyrrole nitrogens is 1. The summed E-state index contributed by atoms with van der Waals surface area (Å²) in [6, 6.07) is 0.0572. The zero-order valence-electron chi connectivity index (χ0n) is 10.2. The lowest BCUT2D eigenvalue weighted by Gasteiger charge is -2.15. The van der Waals surface area contributed by atoms with E-state index in [1.807, 2.05) is 4.98 Å². The van der Waals surface area contributed by atoms with Gasteiger partial charge in [-0.2, -0.15) is 26.3 Å². The van der Waals surface area contributed by atoms with Crippen LogP contribution in [0.2, 0.25) is 0 Å². The number of halogens is 6. The third-order valence-electron chi connectivity index (χ3n) is 2.83. The number of hydrogen-bond donors (Lipinski definition) is 1. The van der Waals surface area contributed by atoms with Crippen molar-refractivity contribution in [3.05, 3.63) is 45.2 Å². The molecule has 1 aromatic heterocycles. The van der Waals surface area contributed by atoms with E-state index in [4.69, 9.17) is 0 Å². The minimum atomic E-state index is -5.28. The van der Waals surface area contributed by atoms with Gasteiger partial charge in [0.15, 0.2) is 5.43 Å². The Bertz CT molecular complexity index is 818. The van der Waals surface area contributed by atoms with E-state index in [2.05, 4.69) is 0 Å². The Balaban J connectivity index is 2.99. The summed E-state index contributed by atoms with van der Waals surface area (Å²) in [6.07, 6.45) is -9.87. The molecule has 0 saturated carbocycles. The Hall–Kier alpha value is -2.52. The number of pyridine rings is 1. The van der Waals surface area contributed by atoms with E-state index in [1.54, 1.807) is 0 Å². The molecule has 2 aromatic rings. The Morgan fingerprint density at radius 1 is 1.05 bits per heavy atom. The highest BCUT2D eigenvalue weighted by Gasteiger charge is 2.39. The normalized spacial score (nSPS) is 12.6. The molecule has 0 bridgehead atoms. The predicted octanol–water partition coefficient (Wildman–Crippen LogP) is 1.93. The van der Waals surface area contributed by atoms with E-state index >= 15 is 0 Å². The van der Waals surface area contributed by atoms with Gasteiger partial charge in [-0.05, 0) is 12.1 Å². The smallest absolute Gasteiger partial charge is 0.417 e. The van der Waals surface area contributed by atoms with E-state index in [1.165, 1.54) is 0 Å². The lowest BCUT2D eigenvalue weighted by Crippen LogP contribution is -2.30. The maximum Gasteiger partial charge on any atom is 0.417 e. The van der Waals surface area contributed by atoms with E-state index in [0.717, 1.165) is 0 Å². The molecule has 10 heteroatoms. The van der Waals surface area contributed by atoms with Crippen LogP contribution >= 0.6 is 0 Å². The maximum atomic E-state index is 12.9. The van der Waals surface area contributed by atoms with Crippen molar-refractivity contribution in [3.8, 4) is 0 Å². The van der Waals surface area contributed by atoms with Crippen LogP contribution in [0.25, 0.3) is 10.9 Å². The number of rotatable bonds is 1. The highest BCUT2D eigenvalue weighted by molar-refractivity contribution is 5.92. The second-order valence-corrected chi connectivity index (χ2v) is 4.26. The number of fused-ring (bicyclic) bond motifs is 1. The summed E-state index contributed by atoms with van der Waals surface area (Å²) >= 11 is 0. The number of aromatic carboxylic acids is 1. The number of benzene rings is 1. The maximum absolute atomic E-state index is 12.9. The van der Waals surface area contributed by atoms with E-state index in [9.17, 15) is 41.0 Å². The van der Waals surface area contributed by atoms with Crippen LogP contribution in [0.5, 0.6) is 0 Å². The number of carbonyl (C=O) groups excluding carboxylic acids is 1. The van der Waals surface area contributed by atoms with Gasteiger partial charge in [-0.3, -0.25) is 4.79 Å². The van der Waals surface area contributed by atoms with Crippen molar-refractivity contribution in [2.45, 2.75) is 12.4 Å². The van der Waals surface area contributed by atoms with Crippen molar-refractivity contribution in [1.29, 1.82) is 0 Å². The summed E-state index contributed by atoms with van der Waals surface area (Å²) in [7, 11) is 0. The van der Waals surface area contributed by atoms with Crippen LogP contribution in [0.15, 0.2) is 23.1 Å². The summed E-state index contributed by atoms with van der Waals surface area (Å²) < 4.78 is 76.6. The molecule has 1 N–H and O–H groups in total. The first-order valence-electron chi connectivity index (χ1n) is 5.48. The average molecular weight is 324 g/mol. The Morgan fingerprint density at radius 2 is 1.64 bits per heavy atom. The fraction of sp³-hybridized carbons (Fsp3) is 0.167. The van der Waals surface area contributed by atoms with Gasteiger partial charge in [0.25, 0.3) is 0 Å². The summed E-state index contributed by atoms with van der Waals surface area (Å²) in [4.78, 5) is 24.4. The third-order valence-corrected chi connectivity index (χ3v) is 2.83. The molecular weight excluding hydrogens is 320 g/mol. The molecule has 0 fully saturated rings. The molecule has 1 aromatic carbocycles. The second kappa shape index (κ2) is 4.75. The van der Waals surface area contributed by atoms with Gasteiger partial charge >= 0.3 is 12.4 Å². The van der Waals surface area contributed by atoms with Crippen molar-refractivity contribution >= 4 is 16.9 Å². The van der Waals surface area contributed by atoms with Crippen LogP contribution < -0.4 is 10.5 Å². The molecule has 2 rings (SSSR count). The highest BCUT2D eigenvalue weighted by atomic mass is 19.4. The summed E-state index contributed by atoms with van der Waals surface area (Å²) in [5.74, 6) is -2.05. The van der Waals surface area contributed by atoms with Gasteiger partial charge in [0.1, 0.15) is 0 Å². The van der Waals surface area contributed by atoms with Crippen LogP contribution in [0.4, 0.5) is 26.3 Å². The quantitative estimate of drug-likeness (QED) is 0.815. The van der Waals surface area contributed by atoms with Crippen molar-refractivity contribution in [1.82, 2.24) is 4.98 Å². The van der Waals surface area contributed by atoms with E-state index < -0.39 is 51.3 Å². The highest BCUT2D eigenvalue weighted by Crippen LogP contribution is 2.38. The zero-order valence-corrected chi connectivity index (χ0v) is 10.2. The molecule has 0 atom stereocenters. The number of carboxylic acids is 1. The molecule has 0 aliphatic rings. The summed E-state index contributed by atoms with van der Waals surface area (Å²) in [5.41, 5.74) is -6.96. The first kappa shape index (κ1) is 15.9. The number of aromatic nitrogens is 1. The molecule has 4 nitrogen and oxygen atoms in total.